The van der Waals surface area contributed by atoms with Gasteiger partial charge in [0.1, 0.15) is 0 Å². The van der Waals surface area contributed by atoms with E-state index >= 15 is 0 Å². The van der Waals surface area contributed by atoms with Crippen LogP contribution in [0.25, 0.3) is 0 Å². The average Bonchev–Trinajstić information content (AvgIpc) is 2.65. The normalized spacial score (nSPS) is 12.4. The zero-order valence-electron chi connectivity index (χ0n) is 65.2. The van der Waals surface area contributed by atoms with Crippen molar-refractivity contribution in [1.82, 2.24) is 5.32 Å². The van der Waals surface area contributed by atoms with Crippen molar-refractivity contribution in [3.63, 3.8) is 0 Å². The van der Waals surface area contributed by atoms with Gasteiger partial charge >= 0.3 is 5.97 Å². The van der Waals surface area contributed by atoms with Crippen LogP contribution >= 0.6 is 0 Å². The van der Waals surface area contributed by atoms with Crippen molar-refractivity contribution in [2.45, 2.75) is 533 Å². The van der Waals surface area contributed by atoms with E-state index in [1.54, 1.807) is 6.08 Å². The third-order valence-electron chi connectivity index (χ3n) is 21.3. The van der Waals surface area contributed by atoms with Gasteiger partial charge in [0.25, 0.3) is 0 Å². The Morgan fingerprint density at radius 2 is 0.484 bits per heavy atom. The second-order valence-corrected chi connectivity index (χ2v) is 30.9. The molecule has 3 N–H and O–H groups in total. The van der Waals surface area contributed by atoms with Crippen LogP contribution in [0.2, 0.25) is 0 Å². The third-order valence-corrected chi connectivity index (χ3v) is 21.3. The van der Waals surface area contributed by atoms with Crippen molar-refractivity contribution < 1.29 is 24.5 Å². The number of carbonyl (C=O) groups excluding carboxylic acids is 2. The molecule has 0 radical (unpaired) electrons. The molecule has 0 saturated carbocycles. The highest BCUT2D eigenvalue weighted by atomic mass is 16.5. The minimum atomic E-state index is -0.841. The van der Waals surface area contributed by atoms with Crippen molar-refractivity contribution in [3.05, 3.63) is 12.2 Å². The van der Waals surface area contributed by atoms with Gasteiger partial charge in [0.05, 0.1) is 25.4 Å². The van der Waals surface area contributed by atoms with Crippen molar-refractivity contribution in [2.24, 2.45) is 0 Å². The highest BCUT2D eigenvalue weighted by Gasteiger charge is 2.18. The summed E-state index contributed by atoms with van der Waals surface area (Å²) in [6, 6.07) is -0.624. The van der Waals surface area contributed by atoms with Crippen LogP contribution in [-0.4, -0.2) is 47.4 Å². The van der Waals surface area contributed by atoms with Crippen LogP contribution in [0.1, 0.15) is 521 Å². The van der Waals surface area contributed by atoms with Crippen LogP contribution in [0.15, 0.2) is 12.2 Å². The number of esters is 1. The Balaban J connectivity index is 3.31. The number of ether oxygens (including phenoxy) is 1. The fourth-order valence-electron chi connectivity index (χ4n) is 14.6. The zero-order chi connectivity index (χ0) is 68.4. The number of amides is 1. The number of carbonyl (C=O) groups is 2. The van der Waals surface area contributed by atoms with Gasteiger partial charge < -0.3 is 20.3 Å². The number of aliphatic hydroxyl groups is 2. The van der Waals surface area contributed by atoms with E-state index in [-0.39, 0.29) is 18.5 Å². The number of aliphatic hydroxyl groups excluding tert-OH is 2. The molecule has 0 bridgehead atoms. The number of hydrogen-bond donors (Lipinski definition) is 3. The van der Waals surface area contributed by atoms with Crippen molar-refractivity contribution in [2.75, 3.05) is 13.2 Å². The van der Waals surface area contributed by atoms with Crippen LogP contribution in [0.4, 0.5) is 0 Å². The Kier molecular flexibility index (Phi) is 83.8. The van der Waals surface area contributed by atoms with Gasteiger partial charge in [-0.1, -0.05) is 488 Å². The first-order valence-corrected chi connectivity index (χ1v) is 44.5. The van der Waals surface area contributed by atoms with E-state index in [9.17, 15) is 19.8 Å². The molecule has 0 saturated heterocycles. The van der Waals surface area contributed by atoms with E-state index in [1.807, 2.05) is 6.08 Å². The van der Waals surface area contributed by atoms with Gasteiger partial charge in [-0.2, -0.15) is 0 Å². The molecule has 0 aliphatic heterocycles. The molecule has 566 valence electrons. The first kappa shape index (κ1) is 93.6. The van der Waals surface area contributed by atoms with Crippen LogP contribution in [0.5, 0.6) is 0 Å². The number of unbranched alkanes of at least 4 members (excludes halogenated alkanes) is 74. The van der Waals surface area contributed by atoms with E-state index in [1.165, 1.54) is 456 Å². The van der Waals surface area contributed by atoms with E-state index in [0.29, 0.717) is 19.4 Å². The topological polar surface area (TPSA) is 95.9 Å². The molecule has 0 aliphatic carbocycles. The lowest BCUT2D eigenvalue weighted by atomic mass is 10.0. The largest absolute Gasteiger partial charge is 0.466 e. The molecule has 2 atom stereocenters. The SMILES string of the molecule is CCCCCCCCCCCCCCCCCCCCCCC/C=C/C(O)C(CO)NC(=O)CCCCCCCCCCCCCCCCCCCCCCCCCCCCCCCCCCCCCCCCCOC(=O)CCCCCCCCCCCCCCCCCC. The van der Waals surface area contributed by atoms with Gasteiger partial charge in [0.2, 0.25) is 5.91 Å². The Bertz CT molecular complexity index is 1450. The summed E-state index contributed by atoms with van der Waals surface area (Å²) in [6.07, 6.45) is 110. The van der Waals surface area contributed by atoms with Gasteiger partial charge in [-0.3, -0.25) is 9.59 Å². The molecule has 0 aromatic rings. The van der Waals surface area contributed by atoms with Crippen molar-refractivity contribution in [1.29, 1.82) is 0 Å². The predicted molar refractivity (Wildman–Crippen MR) is 421 cm³/mol. The molecule has 0 fully saturated rings. The second kappa shape index (κ2) is 85.0. The van der Waals surface area contributed by atoms with Crippen LogP contribution in [0, 0.1) is 0 Å². The summed E-state index contributed by atoms with van der Waals surface area (Å²) in [5, 5.41) is 23.3. The van der Waals surface area contributed by atoms with Crippen LogP contribution in [0.3, 0.4) is 0 Å². The lowest BCUT2D eigenvalue weighted by molar-refractivity contribution is -0.143. The highest BCUT2D eigenvalue weighted by molar-refractivity contribution is 5.76. The number of allylic oxidation sites excluding steroid dienone is 1. The fourth-order valence-corrected chi connectivity index (χ4v) is 14.6. The Morgan fingerprint density at radius 1 is 0.284 bits per heavy atom. The molecule has 6 heteroatoms. The molecule has 0 aromatic carbocycles. The van der Waals surface area contributed by atoms with Gasteiger partial charge in [-0.25, -0.2) is 0 Å². The van der Waals surface area contributed by atoms with Gasteiger partial charge in [-0.15, -0.1) is 0 Å². The van der Waals surface area contributed by atoms with Gasteiger partial charge in [0, 0.05) is 12.8 Å². The molecular weight excluding hydrogens is 1160 g/mol. The molecule has 0 aliphatic rings. The second-order valence-electron chi connectivity index (χ2n) is 30.9. The van der Waals surface area contributed by atoms with Crippen molar-refractivity contribution in [3.8, 4) is 0 Å². The Hall–Kier alpha value is -1.40. The van der Waals surface area contributed by atoms with Crippen LogP contribution in [-0.2, 0) is 14.3 Å². The Labute approximate surface area is 597 Å². The minimum absolute atomic E-state index is 0.0288. The summed E-state index contributed by atoms with van der Waals surface area (Å²) in [4.78, 5) is 24.7. The Morgan fingerprint density at radius 3 is 0.716 bits per heavy atom. The summed E-state index contributed by atoms with van der Waals surface area (Å²) in [5.41, 5.74) is 0. The number of hydrogen-bond acceptors (Lipinski definition) is 5. The summed E-state index contributed by atoms with van der Waals surface area (Å²) in [6.45, 7) is 4.98. The third kappa shape index (κ3) is 81.5. The van der Waals surface area contributed by atoms with Crippen LogP contribution < -0.4 is 5.32 Å². The quantitative estimate of drug-likeness (QED) is 0.0320. The number of nitrogens with one attached hydrogen (secondary N) is 1. The van der Waals surface area contributed by atoms with E-state index in [0.717, 1.165) is 38.5 Å². The van der Waals surface area contributed by atoms with E-state index < -0.39 is 12.1 Å². The molecule has 6 nitrogen and oxygen atoms in total. The summed E-state index contributed by atoms with van der Waals surface area (Å²) >= 11 is 0. The minimum Gasteiger partial charge on any atom is -0.466 e. The maximum absolute atomic E-state index is 12.6. The van der Waals surface area contributed by atoms with Crippen molar-refractivity contribution >= 4 is 11.9 Å². The molecule has 0 aromatic heterocycles. The molecule has 0 rings (SSSR count). The van der Waals surface area contributed by atoms with E-state index in [2.05, 4.69) is 19.2 Å². The summed E-state index contributed by atoms with van der Waals surface area (Å²) < 4.78 is 5.52. The smallest absolute Gasteiger partial charge is 0.305 e. The highest BCUT2D eigenvalue weighted by Crippen LogP contribution is 2.21. The summed E-state index contributed by atoms with van der Waals surface area (Å²) in [5.74, 6) is -0.0269. The zero-order valence-corrected chi connectivity index (χ0v) is 65.2. The monoisotopic (exact) mass is 1340 g/mol. The first-order chi connectivity index (χ1) is 47.0. The number of rotatable bonds is 85. The lowest BCUT2D eigenvalue weighted by Crippen LogP contribution is -2.45. The molecular formula is C89H175NO5. The van der Waals surface area contributed by atoms with E-state index in [4.69, 9.17) is 4.74 Å². The van der Waals surface area contributed by atoms with Gasteiger partial charge in [-0.05, 0) is 32.1 Å². The predicted octanol–water partition coefficient (Wildman–Crippen LogP) is 29.8. The standard InChI is InChI=1S/C89H175NO5/c1-3-5-7-9-11-13-15-17-19-21-22-23-41-44-47-50-53-57-61-65-69-73-77-81-87(92)86(85-91)90-88(93)82-78-74-70-66-62-58-54-51-48-45-42-39-37-35-33-31-29-27-25-24-26-28-30-32-34-36-38-40-43-46-49-52-56-60-64-68-72-76-80-84-95-89(94)83-79-75-71-67-63-59-55-20-18-16-14-12-10-8-6-4-2/h77,81,86-87,91-92H,3-76,78-80,82-85H2,1-2H3,(H,90,93)/b81-77+. The molecule has 1 amide bonds. The molecule has 0 heterocycles. The summed E-state index contributed by atoms with van der Waals surface area (Å²) in [7, 11) is 0. The fraction of sp³-hybridized carbons (Fsp3) is 0.955. The first-order valence-electron chi connectivity index (χ1n) is 44.5. The maximum Gasteiger partial charge on any atom is 0.305 e. The maximum atomic E-state index is 12.6. The molecule has 0 spiro atoms. The molecule has 95 heavy (non-hydrogen) atoms. The molecule has 2 unspecified atom stereocenters. The average molecular weight is 1340 g/mol. The van der Waals surface area contributed by atoms with Gasteiger partial charge in [0.15, 0.2) is 0 Å². The lowest BCUT2D eigenvalue weighted by Gasteiger charge is -2.20.